The Kier molecular flexibility index (Phi) is 12.1. The van der Waals surface area contributed by atoms with Crippen LogP contribution in [0, 0.1) is 0 Å². The van der Waals surface area contributed by atoms with E-state index in [1.165, 1.54) is 0 Å². The summed E-state index contributed by atoms with van der Waals surface area (Å²) < 4.78 is 5.62. The first-order valence-corrected chi connectivity index (χ1v) is 10.2. The molecule has 2 aromatic rings. The average molecular weight is 424 g/mol. The lowest BCUT2D eigenvalue weighted by Gasteiger charge is -2.12. The second kappa shape index (κ2) is 14.4. The smallest absolute Gasteiger partial charge is 0.285 e. The third-order valence-corrected chi connectivity index (χ3v) is 4.39. The van der Waals surface area contributed by atoms with Crippen LogP contribution in [0.5, 0.6) is 5.88 Å². The number of amides is 1. The highest BCUT2D eigenvalue weighted by atomic mass is 35.5. The zero-order valence-electron chi connectivity index (χ0n) is 17.3. The van der Waals surface area contributed by atoms with E-state index >= 15 is 0 Å². The zero-order chi connectivity index (χ0) is 21.5. The van der Waals surface area contributed by atoms with Crippen molar-refractivity contribution in [3.8, 4) is 5.88 Å². The molecule has 0 saturated carbocycles. The minimum absolute atomic E-state index is 0.0457. The summed E-state index contributed by atoms with van der Waals surface area (Å²) >= 11 is 6.06. The molecule has 29 heavy (non-hydrogen) atoms. The molecule has 0 aliphatic heterocycles. The Hall–Kier alpha value is -2.61. The van der Waals surface area contributed by atoms with Gasteiger partial charge in [0.2, 0.25) is 6.41 Å². The van der Waals surface area contributed by atoms with E-state index in [9.17, 15) is 9.59 Å². The summed E-state index contributed by atoms with van der Waals surface area (Å²) in [5, 5.41) is 9.41. The molecule has 0 fully saturated rings. The fourth-order valence-electron chi connectivity index (χ4n) is 2.26. The summed E-state index contributed by atoms with van der Waals surface area (Å²) in [5.41, 5.74) is 0.929. The predicted molar refractivity (Wildman–Crippen MR) is 115 cm³/mol. The van der Waals surface area contributed by atoms with Gasteiger partial charge in [0, 0.05) is 32.0 Å². The van der Waals surface area contributed by atoms with E-state index in [2.05, 4.69) is 27.4 Å². The predicted octanol–water partition coefficient (Wildman–Crippen LogP) is 3.48. The van der Waals surface area contributed by atoms with Gasteiger partial charge < -0.3 is 15.0 Å². The number of aromatic amines is 1. The van der Waals surface area contributed by atoms with Crippen LogP contribution in [0.1, 0.15) is 45.6 Å². The van der Waals surface area contributed by atoms with Crippen molar-refractivity contribution in [2.45, 2.75) is 46.6 Å². The Morgan fingerprint density at radius 3 is 2.59 bits per heavy atom. The van der Waals surface area contributed by atoms with Gasteiger partial charge >= 0.3 is 0 Å². The number of ether oxygens (including phenoxy) is 1. The van der Waals surface area contributed by atoms with E-state index in [1.54, 1.807) is 17.3 Å². The monoisotopic (exact) mass is 423 g/mol. The number of unbranched alkanes of at least 4 members (excludes halogenated alkanes) is 2. The van der Waals surface area contributed by atoms with Gasteiger partial charge in [0.1, 0.15) is 10.7 Å². The van der Waals surface area contributed by atoms with E-state index in [1.807, 2.05) is 26.0 Å². The standard InChI is InChI=1S/C15H19ClN4O2.C5H11NO/c1-2-3-4-8-22-15-13(12(16)14(21)19-20-15)18-10-11-6-5-7-17-9-11;1-3-6(4-2)5-7/h5-7,9H,2-4,8,10H2,1H3,(H2,18,19,21);5H,3-4H2,1-2H3. The molecule has 0 bridgehead atoms. The summed E-state index contributed by atoms with van der Waals surface area (Å²) in [6.07, 6.45) is 7.42. The number of aromatic nitrogens is 3. The van der Waals surface area contributed by atoms with Crippen molar-refractivity contribution in [1.82, 2.24) is 20.1 Å². The van der Waals surface area contributed by atoms with Crippen LogP contribution in [-0.4, -0.2) is 46.2 Å². The van der Waals surface area contributed by atoms with Gasteiger partial charge in [-0.25, -0.2) is 5.10 Å². The molecule has 0 radical (unpaired) electrons. The number of pyridine rings is 1. The molecule has 0 aliphatic rings. The maximum Gasteiger partial charge on any atom is 0.285 e. The van der Waals surface area contributed by atoms with Gasteiger partial charge in [-0.3, -0.25) is 14.6 Å². The molecule has 1 amide bonds. The van der Waals surface area contributed by atoms with Crippen molar-refractivity contribution in [2.75, 3.05) is 25.0 Å². The van der Waals surface area contributed by atoms with Gasteiger partial charge in [-0.2, -0.15) is 0 Å². The number of nitrogens with zero attached hydrogens (tertiary/aromatic N) is 3. The van der Waals surface area contributed by atoms with Gasteiger partial charge in [0.05, 0.1) is 6.61 Å². The molecule has 0 spiro atoms. The van der Waals surface area contributed by atoms with E-state index in [-0.39, 0.29) is 5.02 Å². The Balaban J connectivity index is 0.000000516. The maximum atomic E-state index is 11.6. The fraction of sp³-hybridized carbons (Fsp3) is 0.500. The van der Waals surface area contributed by atoms with E-state index < -0.39 is 5.56 Å². The van der Waals surface area contributed by atoms with Crippen LogP contribution < -0.4 is 15.6 Å². The van der Waals surface area contributed by atoms with Crippen LogP contribution in [-0.2, 0) is 11.3 Å². The number of carbonyl (C=O) groups is 1. The van der Waals surface area contributed by atoms with Gasteiger partial charge in [-0.15, -0.1) is 5.10 Å². The quantitative estimate of drug-likeness (QED) is 0.424. The molecule has 2 N–H and O–H groups in total. The summed E-state index contributed by atoms with van der Waals surface area (Å²) in [6, 6.07) is 3.77. The first-order valence-electron chi connectivity index (χ1n) is 9.80. The first-order chi connectivity index (χ1) is 14.1. The Bertz CT molecular complexity index is 766. The van der Waals surface area contributed by atoms with Gasteiger partial charge in [-0.05, 0) is 31.9 Å². The van der Waals surface area contributed by atoms with Gasteiger partial charge in [-0.1, -0.05) is 37.4 Å². The molecule has 8 nitrogen and oxygen atoms in total. The molecule has 160 valence electrons. The fourth-order valence-corrected chi connectivity index (χ4v) is 2.45. The minimum Gasteiger partial charge on any atom is -0.475 e. The Morgan fingerprint density at radius 2 is 2.03 bits per heavy atom. The van der Waals surface area contributed by atoms with Crippen molar-refractivity contribution in [1.29, 1.82) is 0 Å². The summed E-state index contributed by atoms with van der Waals surface area (Å²) in [7, 11) is 0. The summed E-state index contributed by atoms with van der Waals surface area (Å²) in [6.45, 7) is 8.68. The van der Waals surface area contributed by atoms with Crippen LogP contribution in [0.25, 0.3) is 0 Å². The van der Waals surface area contributed by atoms with Crippen molar-refractivity contribution >= 4 is 23.7 Å². The molecule has 2 heterocycles. The maximum absolute atomic E-state index is 11.6. The van der Waals surface area contributed by atoms with Gasteiger partial charge in [0.15, 0.2) is 0 Å². The lowest BCUT2D eigenvalue weighted by Crippen LogP contribution is -2.19. The lowest BCUT2D eigenvalue weighted by molar-refractivity contribution is -0.117. The molecule has 0 atom stereocenters. The SMILES string of the molecule is CCCCCOc1n[nH]c(=O)c(Cl)c1NCc1cccnc1.CCN(C=O)CC. The number of rotatable bonds is 11. The molecule has 9 heteroatoms. The number of hydrogen-bond donors (Lipinski definition) is 2. The molecular weight excluding hydrogens is 394 g/mol. The number of carbonyl (C=O) groups excluding carboxylic acids is 1. The van der Waals surface area contributed by atoms with Crippen LogP contribution in [0.15, 0.2) is 29.3 Å². The Morgan fingerprint density at radius 1 is 1.28 bits per heavy atom. The third kappa shape index (κ3) is 8.95. The van der Waals surface area contributed by atoms with E-state index in [0.717, 1.165) is 44.3 Å². The first kappa shape index (κ1) is 24.4. The average Bonchev–Trinajstić information content (AvgIpc) is 2.75. The normalized spacial score (nSPS) is 9.93. The highest BCUT2D eigenvalue weighted by molar-refractivity contribution is 6.33. The number of H-pyrrole nitrogens is 1. The third-order valence-electron chi connectivity index (χ3n) is 4.03. The van der Waals surface area contributed by atoms with Crippen molar-refractivity contribution in [3.05, 3.63) is 45.5 Å². The van der Waals surface area contributed by atoms with Crippen LogP contribution in [0.3, 0.4) is 0 Å². The largest absolute Gasteiger partial charge is 0.475 e. The van der Waals surface area contributed by atoms with E-state index in [4.69, 9.17) is 16.3 Å². The van der Waals surface area contributed by atoms with Crippen molar-refractivity contribution in [3.63, 3.8) is 0 Å². The number of anilines is 1. The molecule has 2 rings (SSSR count). The zero-order valence-corrected chi connectivity index (χ0v) is 18.0. The minimum atomic E-state index is -0.448. The second-order valence-electron chi connectivity index (χ2n) is 6.14. The highest BCUT2D eigenvalue weighted by Crippen LogP contribution is 2.27. The lowest BCUT2D eigenvalue weighted by atomic mass is 10.3. The number of hydrogen-bond acceptors (Lipinski definition) is 6. The van der Waals surface area contributed by atoms with E-state index in [0.29, 0.717) is 24.7 Å². The van der Waals surface area contributed by atoms with Crippen molar-refractivity contribution < 1.29 is 9.53 Å². The number of nitrogens with one attached hydrogen (secondary N) is 2. The molecule has 0 aliphatic carbocycles. The number of halogens is 1. The molecule has 2 aromatic heterocycles. The second-order valence-corrected chi connectivity index (χ2v) is 6.52. The van der Waals surface area contributed by atoms with Gasteiger partial charge in [0.25, 0.3) is 11.4 Å². The van der Waals surface area contributed by atoms with Crippen LogP contribution >= 0.6 is 11.6 Å². The Labute approximate surface area is 176 Å². The summed E-state index contributed by atoms with van der Waals surface area (Å²) in [4.78, 5) is 27.3. The van der Waals surface area contributed by atoms with Crippen LogP contribution in [0.4, 0.5) is 5.69 Å². The molecule has 0 aromatic carbocycles. The highest BCUT2D eigenvalue weighted by Gasteiger charge is 2.14. The van der Waals surface area contributed by atoms with Crippen molar-refractivity contribution in [2.24, 2.45) is 0 Å². The molecular formula is C20H30ClN5O3. The topological polar surface area (TPSA) is 100 Å². The summed E-state index contributed by atoms with van der Waals surface area (Å²) in [5.74, 6) is 0.310. The molecule has 0 saturated heterocycles. The molecule has 0 unspecified atom stereocenters. The van der Waals surface area contributed by atoms with Crippen LogP contribution in [0.2, 0.25) is 5.02 Å².